The second-order valence-corrected chi connectivity index (χ2v) is 6.62. The van der Waals surface area contributed by atoms with Crippen LogP contribution in [0.1, 0.15) is 28.4 Å². The van der Waals surface area contributed by atoms with Gasteiger partial charge in [-0.3, -0.25) is 9.69 Å². The van der Waals surface area contributed by atoms with Gasteiger partial charge in [-0.15, -0.1) is 0 Å². The van der Waals surface area contributed by atoms with E-state index in [9.17, 15) is 9.90 Å². The van der Waals surface area contributed by atoms with Crippen LogP contribution in [-0.2, 0) is 13.0 Å². The van der Waals surface area contributed by atoms with Crippen molar-refractivity contribution < 1.29 is 9.90 Å². The lowest BCUT2D eigenvalue weighted by molar-refractivity contribution is 0.0932. The van der Waals surface area contributed by atoms with E-state index in [-0.39, 0.29) is 22.7 Å². The molecule has 0 fully saturated rings. The Labute approximate surface area is 147 Å². The van der Waals surface area contributed by atoms with E-state index in [0.717, 1.165) is 19.5 Å². The molecule has 2 N–H and O–H groups in total. The highest BCUT2D eigenvalue weighted by Crippen LogP contribution is 2.23. The minimum Gasteiger partial charge on any atom is -0.506 e. The van der Waals surface area contributed by atoms with Crippen LogP contribution < -0.4 is 5.32 Å². The summed E-state index contributed by atoms with van der Waals surface area (Å²) in [4.78, 5) is 14.6. The highest BCUT2D eigenvalue weighted by Gasteiger charge is 2.20. The summed E-state index contributed by atoms with van der Waals surface area (Å²) in [5.41, 5.74) is 3.24. The summed E-state index contributed by atoms with van der Waals surface area (Å²) in [7, 11) is 0. The summed E-state index contributed by atoms with van der Waals surface area (Å²) >= 11 is 5.85. The molecule has 2 aromatic rings. The Morgan fingerprint density at radius 2 is 2.04 bits per heavy atom. The fraction of sp³-hybridized carbons (Fsp3) is 0.316. The Kier molecular flexibility index (Phi) is 5.07. The lowest BCUT2D eigenvalue weighted by atomic mass is 9.99. The van der Waals surface area contributed by atoms with Gasteiger partial charge < -0.3 is 10.4 Å². The van der Waals surface area contributed by atoms with Crippen molar-refractivity contribution in [1.29, 1.82) is 0 Å². The number of aromatic hydroxyl groups is 1. The van der Waals surface area contributed by atoms with Gasteiger partial charge in [-0.1, -0.05) is 35.9 Å². The van der Waals surface area contributed by atoms with Gasteiger partial charge in [-0.2, -0.15) is 0 Å². The highest BCUT2D eigenvalue weighted by atomic mass is 35.5. The van der Waals surface area contributed by atoms with Crippen molar-refractivity contribution in [1.82, 2.24) is 10.2 Å². The van der Waals surface area contributed by atoms with Crippen molar-refractivity contribution in [3.8, 4) is 5.75 Å². The number of fused-ring (bicyclic) bond motifs is 1. The first kappa shape index (κ1) is 16.8. The molecular formula is C19H21ClN2O2. The van der Waals surface area contributed by atoms with E-state index in [4.69, 9.17) is 11.6 Å². The molecule has 126 valence electrons. The van der Waals surface area contributed by atoms with Crippen LogP contribution in [0.5, 0.6) is 5.75 Å². The zero-order chi connectivity index (χ0) is 17.1. The summed E-state index contributed by atoms with van der Waals surface area (Å²) in [6.45, 7) is 4.61. The van der Waals surface area contributed by atoms with E-state index in [1.165, 1.54) is 23.3 Å². The van der Waals surface area contributed by atoms with Gasteiger partial charge in [0.1, 0.15) is 5.75 Å². The number of benzene rings is 2. The number of hydrogen-bond donors (Lipinski definition) is 2. The molecule has 1 heterocycles. The standard InChI is InChI=1S/C19H21ClN2O2/c1-13(22-9-8-14-4-2-3-5-16(14)12-22)11-21-19(24)15-6-7-18(23)17(20)10-15/h2-7,10,13,23H,8-9,11-12H2,1H3,(H,21,24)/t13-/m1/s1. The molecule has 0 spiro atoms. The fourth-order valence-electron chi connectivity index (χ4n) is 3.01. The molecule has 0 saturated heterocycles. The van der Waals surface area contributed by atoms with Crippen LogP contribution >= 0.6 is 11.6 Å². The van der Waals surface area contributed by atoms with E-state index < -0.39 is 0 Å². The number of nitrogens with zero attached hydrogens (tertiary/aromatic N) is 1. The quantitative estimate of drug-likeness (QED) is 0.895. The number of amides is 1. The van der Waals surface area contributed by atoms with Crippen molar-refractivity contribution in [3.63, 3.8) is 0 Å². The average Bonchev–Trinajstić information content (AvgIpc) is 2.61. The van der Waals surface area contributed by atoms with Gasteiger partial charge in [0, 0.05) is 31.2 Å². The Bertz CT molecular complexity index is 748. The smallest absolute Gasteiger partial charge is 0.251 e. The summed E-state index contributed by atoms with van der Waals surface area (Å²) < 4.78 is 0. The zero-order valence-electron chi connectivity index (χ0n) is 13.6. The van der Waals surface area contributed by atoms with Crippen LogP contribution in [0.4, 0.5) is 0 Å². The maximum atomic E-state index is 12.2. The van der Waals surface area contributed by atoms with Gasteiger partial charge in [0.2, 0.25) is 0 Å². The second kappa shape index (κ2) is 7.24. The Morgan fingerprint density at radius 3 is 2.79 bits per heavy atom. The first-order chi connectivity index (χ1) is 11.5. The Hall–Kier alpha value is -2.04. The number of nitrogens with one attached hydrogen (secondary N) is 1. The van der Waals surface area contributed by atoms with E-state index in [1.807, 2.05) is 0 Å². The maximum Gasteiger partial charge on any atom is 0.251 e. The summed E-state index contributed by atoms with van der Waals surface area (Å²) in [5, 5.41) is 12.6. The second-order valence-electron chi connectivity index (χ2n) is 6.21. The lowest BCUT2D eigenvalue weighted by Gasteiger charge is -2.33. The van der Waals surface area contributed by atoms with Gasteiger partial charge in [0.05, 0.1) is 5.02 Å². The summed E-state index contributed by atoms with van der Waals surface area (Å²) in [6, 6.07) is 13.2. The average molecular weight is 345 g/mol. The van der Waals surface area contributed by atoms with Crippen molar-refractivity contribution in [2.45, 2.75) is 25.9 Å². The zero-order valence-corrected chi connectivity index (χ0v) is 14.4. The Balaban J connectivity index is 1.57. The van der Waals surface area contributed by atoms with Crippen LogP contribution in [0.3, 0.4) is 0 Å². The lowest BCUT2D eigenvalue weighted by Crippen LogP contribution is -2.44. The molecule has 0 saturated carbocycles. The first-order valence-corrected chi connectivity index (χ1v) is 8.50. The molecule has 24 heavy (non-hydrogen) atoms. The molecule has 1 atom stereocenters. The maximum absolute atomic E-state index is 12.2. The van der Waals surface area contributed by atoms with Gasteiger partial charge in [-0.25, -0.2) is 0 Å². The number of carbonyl (C=O) groups excluding carboxylic acids is 1. The van der Waals surface area contributed by atoms with Crippen LogP contribution in [0.15, 0.2) is 42.5 Å². The van der Waals surface area contributed by atoms with E-state index in [1.54, 1.807) is 6.07 Å². The number of phenols is 1. The molecule has 0 unspecified atom stereocenters. The SMILES string of the molecule is C[C@H](CNC(=O)c1ccc(O)c(Cl)c1)N1CCc2ccccc2C1. The van der Waals surface area contributed by atoms with Crippen molar-refractivity contribution in [2.75, 3.05) is 13.1 Å². The third-order valence-electron chi connectivity index (χ3n) is 4.55. The van der Waals surface area contributed by atoms with Gasteiger partial charge in [-0.05, 0) is 42.7 Å². The molecule has 0 aliphatic carbocycles. The molecular weight excluding hydrogens is 324 g/mol. The predicted molar refractivity (Wildman–Crippen MR) is 95.5 cm³/mol. The minimum atomic E-state index is -0.179. The number of hydrogen-bond acceptors (Lipinski definition) is 3. The van der Waals surface area contributed by atoms with Crippen LogP contribution in [-0.4, -0.2) is 35.0 Å². The van der Waals surface area contributed by atoms with Crippen molar-refractivity contribution in [2.24, 2.45) is 0 Å². The van der Waals surface area contributed by atoms with Crippen molar-refractivity contribution in [3.05, 3.63) is 64.2 Å². The molecule has 0 aromatic heterocycles. The van der Waals surface area contributed by atoms with Gasteiger partial charge in [0.15, 0.2) is 0 Å². The summed E-state index contributed by atoms with van der Waals surface area (Å²) in [6.07, 6.45) is 1.04. The molecule has 1 aliphatic heterocycles. The predicted octanol–water partition coefficient (Wildman–Crippen LogP) is 3.22. The van der Waals surface area contributed by atoms with E-state index in [2.05, 4.69) is 41.4 Å². The molecule has 0 bridgehead atoms. The molecule has 2 aromatic carbocycles. The number of rotatable bonds is 4. The van der Waals surface area contributed by atoms with Crippen LogP contribution in [0, 0.1) is 0 Å². The van der Waals surface area contributed by atoms with E-state index in [0.29, 0.717) is 12.1 Å². The largest absolute Gasteiger partial charge is 0.506 e. The van der Waals surface area contributed by atoms with Crippen molar-refractivity contribution >= 4 is 17.5 Å². The first-order valence-electron chi connectivity index (χ1n) is 8.12. The third-order valence-corrected chi connectivity index (χ3v) is 4.85. The van der Waals surface area contributed by atoms with Crippen LogP contribution in [0.2, 0.25) is 5.02 Å². The van der Waals surface area contributed by atoms with E-state index >= 15 is 0 Å². The third kappa shape index (κ3) is 3.71. The fourth-order valence-corrected chi connectivity index (χ4v) is 3.19. The molecule has 1 aliphatic rings. The Morgan fingerprint density at radius 1 is 1.29 bits per heavy atom. The topological polar surface area (TPSA) is 52.6 Å². The minimum absolute atomic E-state index is 0.0198. The molecule has 1 amide bonds. The summed E-state index contributed by atoms with van der Waals surface area (Å²) in [5.74, 6) is -0.199. The normalized spacial score (nSPS) is 15.6. The van der Waals surface area contributed by atoms with Gasteiger partial charge >= 0.3 is 0 Å². The monoisotopic (exact) mass is 344 g/mol. The number of phenolic OH excluding ortho intramolecular Hbond substituents is 1. The molecule has 0 radical (unpaired) electrons. The highest BCUT2D eigenvalue weighted by molar-refractivity contribution is 6.32. The number of halogens is 1. The van der Waals surface area contributed by atoms with Gasteiger partial charge in [0.25, 0.3) is 5.91 Å². The molecule has 3 rings (SSSR count). The molecule has 4 nitrogen and oxygen atoms in total. The molecule has 5 heteroatoms. The van der Waals surface area contributed by atoms with Crippen LogP contribution in [0.25, 0.3) is 0 Å². The number of carbonyl (C=O) groups is 1.